The standard InChI is InChI=1S/C15H18F3N3/c16-15(17,18)13-7-6-12(10-19)14(21-13)20-9-8-11-4-2-1-3-5-11/h6-7,11H,1-5,8-9H2,(H,20,21). The number of pyridine rings is 1. The summed E-state index contributed by atoms with van der Waals surface area (Å²) < 4.78 is 37.9. The molecule has 1 aliphatic carbocycles. The Morgan fingerprint density at radius 1 is 1.24 bits per heavy atom. The molecule has 1 N–H and O–H groups in total. The summed E-state index contributed by atoms with van der Waals surface area (Å²) in [4.78, 5) is 3.54. The number of aromatic nitrogens is 1. The third kappa shape index (κ3) is 4.35. The van der Waals surface area contributed by atoms with Crippen LogP contribution in [0.2, 0.25) is 0 Å². The van der Waals surface area contributed by atoms with E-state index in [0.717, 1.165) is 12.5 Å². The molecule has 0 spiro atoms. The molecule has 0 atom stereocenters. The molecule has 21 heavy (non-hydrogen) atoms. The number of nitrogens with one attached hydrogen (secondary N) is 1. The molecule has 3 nitrogen and oxygen atoms in total. The topological polar surface area (TPSA) is 48.7 Å². The maximum absolute atomic E-state index is 12.6. The Hall–Kier alpha value is -1.77. The summed E-state index contributed by atoms with van der Waals surface area (Å²) in [5.41, 5.74) is -0.826. The molecule has 114 valence electrons. The summed E-state index contributed by atoms with van der Waals surface area (Å²) in [6, 6.07) is 3.87. The lowest BCUT2D eigenvalue weighted by Crippen LogP contribution is -2.15. The van der Waals surface area contributed by atoms with Gasteiger partial charge in [0.05, 0.1) is 5.56 Å². The molecule has 0 aliphatic heterocycles. The van der Waals surface area contributed by atoms with E-state index >= 15 is 0 Å². The number of anilines is 1. The zero-order valence-electron chi connectivity index (χ0n) is 11.7. The van der Waals surface area contributed by atoms with Crippen molar-refractivity contribution in [2.45, 2.75) is 44.7 Å². The van der Waals surface area contributed by atoms with Gasteiger partial charge in [0.25, 0.3) is 0 Å². The highest BCUT2D eigenvalue weighted by molar-refractivity contribution is 5.52. The second-order valence-electron chi connectivity index (χ2n) is 5.42. The molecule has 1 saturated carbocycles. The smallest absolute Gasteiger partial charge is 0.369 e. The molecule has 0 saturated heterocycles. The third-order valence-electron chi connectivity index (χ3n) is 3.88. The number of nitrogens with zero attached hydrogens (tertiary/aromatic N) is 2. The van der Waals surface area contributed by atoms with Gasteiger partial charge in [0.15, 0.2) is 0 Å². The first-order chi connectivity index (χ1) is 10.0. The van der Waals surface area contributed by atoms with Crippen LogP contribution in [0.4, 0.5) is 19.0 Å². The van der Waals surface area contributed by atoms with Gasteiger partial charge in [-0.1, -0.05) is 32.1 Å². The van der Waals surface area contributed by atoms with E-state index in [1.165, 1.54) is 38.2 Å². The summed E-state index contributed by atoms with van der Waals surface area (Å²) in [5.74, 6) is 0.658. The Kier molecular flexibility index (Phi) is 5.05. The number of nitriles is 1. The zero-order valence-corrected chi connectivity index (χ0v) is 11.7. The zero-order chi connectivity index (χ0) is 15.3. The van der Waals surface area contributed by atoms with Gasteiger partial charge >= 0.3 is 6.18 Å². The highest BCUT2D eigenvalue weighted by Gasteiger charge is 2.33. The minimum absolute atomic E-state index is 0.0307. The lowest BCUT2D eigenvalue weighted by atomic mass is 9.87. The van der Waals surface area contributed by atoms with Gasteiger partial charge in [-0.05, 0) is 24.5 Å². The molecule has 1 fully saturated rings. The van der Waals surface area contributed by atoms with Crippen molar-refractivity contribution in [3.05, 3.63) is 23.4 Å². The van der Waals surface area contributed by atoms with E-state index in [9.17, 15) is 13.2 Å². The van der Waals surface area contributed by atoms with Gasteiger partial charge in [0.2, 0.25) is 0 Å². The number of rotatable bonds is 4. The van der Waals surface area contributed by atoms with Gasteiger partial charge < -0.3 is 5.32 Å². The van der Waals surface area contributed by atoms with Crippen LogP contribution in [-0.4, -0.2) is 11.5 Å². The first kappa shape index (κ1) is 15.6. The van der Waals surface area contributed by atoms with E-state index in [1.807, 2.05) is 6.07 Å². The van der Waals surface area contributed by atoms with Crippen LogP contribution in [0.5, 0.6) is 0 Å². The van der Waals surface area contributed by atoms with Gasteiger partial charge in [-0.25, -0.2) is 4.98 Å². The molecule has 0 bridgehead atoms. The molecule has 1 heterocycles. The summed E-state index contributed by atoms with van der Waals surface area (Å²) in [5, 5.41) is 11.8. The van der Waals surface area contributed by atoms with Crippen molar-refractivity contribution in [1.82, 2.24) is 4.98 Å². The van der Waals surface area contributed by atoms with E-state index in [-0.39, 0.29) is 11.4 Å². The molecule has 0 radical (unpaired) electrons. The minimum atomic E-state index is -4.49. The molecule has 1 aromatic heterocycles. The number of hydrogen-bond acceptors (Lipinski definition) is 3. The largest absolute Gasteiger partial charge is 0.433 e. The summed E-state index contributed by atoms with van der Waals surface area (Å²) in [6.07, 6.45) is 2.52. The summed E-state index contributed by atoms with van der Waals surface area (Å²) >= 11 is 0. The molecule has 0 unspecified atom stereocenters. The maximum Gasteiger partial charge on any atom is 0.433 e. The predicted molar refractivity (Wildman–Crippen MR) is 73.6 cm³/mol. The van der Waals surface area contributed by atoms with E-state index in [2.05, 4.69) is 10.3 Å². The fourth-order valence-corrected chi connectivity index (χ4v) is 2.71. The normalized spacial score (nSPS) is 16.5. The molecule has 2 rings (SSSR count). The van der Waals surface area contributed by atoms with Crippen LogP contribution in [0.25, 0.3) is 0 Å². The Morgan fingerprint density at radius 2 is 1.95 bits per heavy atom. The van der Waals surface area contributed by atoms with Crippen molar-refractivity contribution in [1.29, 1.82) is 5.26 Å². The van der Waals surface area contributed by atoms with Crippen molar-refractivity contribution >= 4 is 5.82 Å². The van der Waals surface area contributed by atoms with Gasteiger partial charge in [-0.3, -0.25) is 0 Å². The second-order valence-corrected chi connectivity index (χ2v) is 5.42. The van der Waals surface area contributed by atoms with Gasteiger partial charge in [-0.15, -0.1) is 0 Å². The Balaban J connectivity index is 1.99. The van der Waals surface area contributed by atoms with E-state index in [4.69, 9.17) is 5.26 Å². The lowest BCUT2D eigenvalue weighted by Gasteiger charge is -2.21. The van der Waals surface area contributed by atoms with Crippen LogP contribution in [0.3, 0.4) is 0 Å². The van der Waals surface area contributed by atoms with E-state index in [0.29, 0.717) is 12.5 Å². The molecule has 0 amide bonds. The molecular weight excluding hydrogens is 279 g/mol. The minimum Gasteiger partial charge on any atom is -0.369 e. The summed E-state index contributed by atoms with van der Waals surface area (Å²) in [7, 11) is 0. The quantitative estimate of drug-likeness (QED) is 0.898. The molecule has 6 heteroatoms. The van der Waals surface area contributed by atoms with Crippen molar-refractivity contribution < 1.29 is 13.2 Å². The molecule has 1 aromatic rings. The first-order valence-corrected chi connectivity index (χ1v) is 7.23. The number of alkyl halides is 3. The number of halogens is 3. The fraction of sp³-hybridized carbons (Fsp3) is 0.600. The maximum atomic E-state index is 12.6. The molecule has 0 aromatic carbocycles. The van der Waals surface area contributed by atoms with Gasteiger partial charge in [0.1, 0.15) is 17.6 Å². The van der Waals surface area contributed by atoms with Crippen LogP contribution < -0.4 is 5.32 Å². The second kappa shape index (κ2) is 6.79. The third-order valence-corrected chi connectivity index (χ3v) is 3.88. The van der Waals surface area contributed by atoms with E-state index < -0.39 is 11.9 Å². The van der Waals surface area contributed by atoms with Crippen molar-refractivity contribution in [2.24, 2.45) is 5.92 Å². The van der Waals surface area contributed by atoms with Crippen molar-refractivity contribution in [3.63, 3.8) is 0 Å². The predicted octanol–water partition coefficient (Wildman–Crippen LogP) is 4.35. The SMILES string of the molecule is N#Cc1ccc(C(F)(F)F)nc1NCCC1CCCCC1. The summed E-state index contributed by atoms with van der Waals surface area (Å²) in [6.45, 7) is 0.549. The number of hydrogen-bond donors (Lipinski definition) is 1. The van der Waals surface area contributed by atoms with Crippen LogP contribution in [0, 0.1) is 17.2 Å². The molecule has 1 aliphatic rings. The van der Waals surface area contributed by atoms with Crippen LogP contribution >= 0.6 is 0 Å². The monoisotopic (exact) mass is 297 g/mol. The Morgan fingerprint density at radius 3 is 2.57 bits per heavy atom. The fourth-order valence-electron chi connectivity index (χ4n) is 2.71. The molecular formula is C15H18F3N3. The van der Waals surface area contributed by atoms with Crippen molar-refractivity contribution in [2.75, 3.05) is 11.9 Å². The van der Waals surface area contributed by atoms with E-state index in [1.54, 1.807) is 0 Å². The van der Waals surface area contributed by atoms with Crippen molar-refractivity contribution in [3.8, 4) is 6.07 Å². The van der Waals surface area contributed by atoms with Crippen LogP contribution in [-0.2, 0) is 6.18 Å². The highest BCUT2D eigenvalue weighted by Crippen LogP contribution is 2.30. The Labute approximate surface area is 122 Å². The van der Waals surface area contributed by atoms with Gasteiger partial charge in [-0.2, -0.15) is 18.4 Å². The average molecular weight is 297 g/mol. The first-order valence-electron chi connectivity index (χ1n) is 7.23. The van der Waals surface area contributed by atoms with Crippen LogP contribution in [0.15, 0.2) is 12.1 Å². The van der Waals surface area contributed by atoms with Crippen LogP contribution in [0.1, 0.15) is 49.8 Å². The lowest BCUT2D eigenvalue weighted by molar-refractivity contribution is -0.141. The average Bonchev–Trinajstić information content (AvgIpc) is 2.47. The van der Waals surface area contributed by atoms with Gasteiger partial charge in [0, 0.05) is 6.54 Å². The Bertz CT molecular complexity index is 514. The highest BCUT2D eigenvalue weighted by atomic mass is 19.4.